The molecule has 0 spiro atoms. The van der Waals surface area contributed by atoms with E-state index in [1.54, 1.807) is 0 Å². The van der Waals surface area contributed by atoms with Gasteiger partial charge in [0.25, 0.3) is 0 Å². The van der Waals surface area contributed by atoms with Crippen molar-refractivity contribution in [3.63, 3.8) is 0 Å². The first-order valence-electron chi connectivity index (χ1n) is 4.50. The average molecular weight is 190 g/mol. The van der Waals surface area contributed by atoms with Gasteiger partial charge in [-0.25, -0.2) is 0 Å². The number of carbonyl (C=O) groups is 1. The fourth-order valence-corrected chi connectivity index (χ4v) is 1.91. The third-order valence-corrected chi connectivity index (χ3v) is 2.77. The van der Waals surface area contributed by atoms with Crippen molar-refractivity contribution >= 4 is 5.97 Å². The highest BCUT2D eigenvalue weighted by Crippen LogP contribution is 2.34. The molecule has 1 fully saturated rings. The summed E-state index contributed by atoms with van der Waals surface area (Å²) in [6.45, 7) is -0.553. The van der Waals surface area contributed by atoms with Crippen LogP contribution in [0.3, 0.4) is 0 Å². The monoisotopic (exact) mass is 190 g/mol. The molecule has 0 bridgehead atoms. The van der Waals surface area contributed by atoms with Crippen molar-refractivity contribution in [2.45, 2.75) is 25.4 Å². The minimum absolute atomic E-state index is 0.0487. The minimum Gasteiger partial charge on any atom is -0.469 e. The number of aliphatic hydroxyl groups is 1. The minimum atomic E-state index is -0.584. The third kappa shape index (κ3) is 2.40. The van der Waals surface area contributed by atoms with Gasteiger partial charge in [0.2, 0.25) is 0 Å². The van der Waals surface area contributed by atoms with Crippen LogP contribution in [0.15, 0.2) is 0 Å². The largest absolute Gasteiger partial charge is 0.469 e. The van der Waals surface area contributed by atoms with E-state index in [-0.39, 0.29) is 24.2 Å². The Morgan fingerprint density at radius 1 is 1.62 bits per heavy atom. The molecule has 0 saturated heterocycles. The van der Waals surface area contributed by atoms with Crippen LogP contribution in [0.25, 0.3) is 0 Å². The fourth-order valence-electron chi connectivity index (χ4n) is 1.91. The van der Waals surface area contributed by atoms with Crippen LogP contribution in [0, 0.1) is 11.8 Å². The van der Waals surface area contributed by atoms with E-state index < -0.39 is 12.8 Å². The van der Waals surface area contributed by atoms with Crippen LogP contribution in [0.2, 0.25) is 0 Å². The maximum Gasteiger partial charge on any atom is 0.305 e. The third-order valence-electron chi connectivity index (χ3n) is 2.77. The molecule has 1 rings (SSSR count). The van der Waals surface area contributed by atoms with Crippen molar-refractivity contribution in [3.8, 4) is 0 Å². The Hall–Kier alpha value is -0.640. The van der Waals surface area contributed by atoms with Crippen molar-refractivity contribution < 1.29 is 19.0 Å². The molecule has 1 aliphatic rings. The number of aliphatic hydroxyl groups excluding tert-OH is 1. The van der Waals surface area contributed by atoms with Gasteiger partial charge in [-0.15, -0.1) is 0 Å². The Balaban J connectivity index is 2.45. The van der Waals surface area contributed by atoms with Gasteiger partial charge in [0.05, 0.1) is 19.9 Å². The van der Waals surface area contributed by atoms with Crippen molar-refractivity contribution in [2.24, 2.45) is 11.8 Å². The Morgan fingerprint density at radius 3 is 2.85 bits per heavy atom. The maximum atomic E-state index is 12.4. The van der Waals surface area contributed by atoms with Crippen LogP contribution in [0.5, 0.6) is 0 Å². The number of esters is 1. The van der Waals surface area contributed by atoms with Crippen LogP contribution < -0.4 is 0 Å². The van der Waals surface area contributed by atoms with Crippen molar-refractivity contribution in [1.82, 2.24) is 0 Å². The molecule has 0 aromatic carbocycles. The van der Waals surface area contributed by atoms with Gasteiger partial charge in [-0.3, -0.25) is 9.18 Å². The Kier molecular flexibility index (Phi) is 3.66. The number of hydrogen-bond donors (Lipinski definition) is 1. The maximum absolute atomic E-state index is 12.4. The molecule has 1 aliphatic carbocycles. The second-order valence-electron chi connectivity index (χ2n) is 3.50. The number of carbonyl (C=O) groups excluding carboxylic acids is 1. The van der Waals surface area contributed by atoms with Gasteiger partial charge in [0.15, 0.2) is 0 Å². The summed E-state index contributed by atoms with van der Waals surface area (Å²) >= 11 is 0. The lowest BCUT2D eigenvalue weighted by molar-refractivity contribution is -0.142. The molecule has 3 nitrogen and oxygen atoms in total. The lowest BCUT2D eigenvalue weighted by atomic mass is 9.93. The van der Waals surface area contributed by atoms with Gasteiger partial charge in [-0.2, -0.15) is 0 Å². The van der Waals surface area contributed by atoms with E-state index in [0.717, 1.165) is 0 Å². The van der Waals surface area contributed by atoms with Gasteiger partial charge < -0.3 is 9.84 Å². The number of hydrogen-bond acceptors (Lipinski definition) is 3. The number of methoxy groups -OCH3 is 1. The predicted molar refractivity (Wildman–Crippen MR) is 44.8 cm³/mol. The van der Waals surface area contributed by atoms with E-state index in [2.05, 4.69) is 4.74 Å². The number of ether oxygens (including phenoxy) is 1. The van der Waals surface area contributed by atoms with E-state index in [0.29, 0.717) is 12.8 Å². The summed E-state index contributed by atoms with van der Waals surface area (Å²) < 4.78 is 16.9. The van der Waals surface area contributed by atoms with Crippen LogP contribution in [-0.2, 0) is 9.53 Å². The molecular formula is C9H15FO3. The molecule has 76 valence electrons. The molecule has 13 heavy (non-hydrogen) atoms. The molecule has 1 N–H and O–H groups in total. The molecule has 0 amide bonds. The Morgan fingerprint density at radius 2 is 2.31 bits per heavy atom. The molecule has 0 aromatic rings. The smallest absolute Gasteiger partial charge is 0.305 e. The van der Waals surface area contributed by atoms with E-state index in [1.165, 1.54) is 7.11 Å². The molecular weight excluding hydrogens is 175 g/mol. The van der Waals surface area contributed by atoms with E-state index in [4.69, 9.17) is 0 Å². The standard InChI is InChI=1S/C9H15FO3/c1-13-9(12)4-6-2-3-8(11)7(6)5-10/h6-8,11H,2-5H2,1H3/t6?,7?,8-/m1/s1. The van der Waals surface area contributed by atoms with Gasteiger partial charge in [0.1, 0.15) is 0 Å². The second-order valence-corrected chi connectivity index (χ2v) is 3.50. The summed E-state index contributed by atoms with van der Waals surface area (Å²) in [6, 6.07) is 0. The molecule has 0 aromatic heterocycles. The quantitative estimate of drug-likeness (QED) is 0.673. The first-order chi connectivity index (χ1) is 6.19. The van der Waals surface area contributed by atoms with Crippen LogP contribution >= 0.6 is 0 Å². The summed E-state index contributed by atoms with van der Waals surface area (Å²) in [4.78, 5) is 10.9. The fraction of sp³-hybridized carbons (Fsp3) is 0.889. The van der Waals surface area contributed by atoms with Crippen LogP contribution in [0.1, 0.15) is 19.3 Å². The summed E-state index contributed by atoms with van der Waals surface area (Å²) in [5.41, 5.74) is 0. The first-order valence-corrected chi connectivity index (χ1v) is 4.50. The zero-order valence-electron chi connectivity index (χ0n) is 7.70. The summed E-state index contributed by atoms with van der Waals surface area (Å²) in [5, 5.41) is 9.35. The van der Waals surface area contributed by atoms with Gasteiger partial charge >= 0.3 is 5.97 Å². The molecule has 0 heterocycles. The summed E-state index contributed by atoms with van der Waals surface area (Å²) in [5.74, 6) is -0.746. The van der Waals surface area contributed by atoms with E-state index in [1.807, 2.05) is 0 Å². The highest BCUT2D eigenvalue weighted by molar-refractivity contribution is 5.69. The molecule has 1 saturated carbocycles. The Bertz CT molecular complexity index is 184. The number of rotatable bonds is 3. The highest BCUT2D eigenvalue weighted by Gasteiger charge is 2.36. The van der Waals surface area contributed by atoms with Gasteiger partial charge in [-0.1, -0.05) is 0 Å². The predicted octanol–water partition coefficient (Wildman–Crippen LogP) is 0.906. The van der Waals surface area contributed by atoms with E-state index in [9.17, 15) is 14.3 Å². The lowest BCUT2D eigenvalue weighted by Crippen LogP contribution is -2.23. The Labute approximate surface area is 76.9 Å². The molecule has 3 atom stereocenters. The lowest BCUT2D eigenvalue weighted by Gasteiger charge is -2.17. The van der Waals surface area contributed by atoms with Crippen LogP contribution in [-0.4, -0.2) is 31.0 Å². The van der Waals surface area contributed by atoms with Gasteiger partial charge in [-0.05, 0) is 18.8 Å². The summed E-state index contributed by atoms with van der Waals surface area (Å²) in [7, 11) is 1.32. The number of halogens is 1. The average Bonchev–Trinajstić information content (AvgIpc) is 2.46. The number of alkyl halides is 1. The topological polar surface area (TPSA) is 46.5 Å². The zero-order valence-corrected chi connectivity index (χ0v) is 7.70. The van der Waals surface area contributed by atoms with E-state index >= 15 is 0 Å². The zero-order chi connectivity index (χ0) is 9.84. The molecule has 0 radical (unpaired) electrons. The van der Waals surface area contributed by atoms with Crippen molar-refractivity contribution in [1.29, 1.82) is 0 Å². The van der Waals surface area contributed by atoms with Crippen molar-refractivity contribution in [3.05, 3.63) is 0 Å². The van der Waals surface area contributed by atoms with Gasteiger partial charge in [0, 0.05) is 12.3 Å². The normalized spacial score (nSPS) is 33.3. The summed E-state index contributed by atoms with van der Waals surface area (Å²) in [6.07, 6.45) is 0.947. The SMILES string of the molecule is COC(=O)CC1CC[C@@H](O)C1CF. The van der Waals surface area contributed by atoms with Crippen molar-refractivity contribution in [2.75, 3.05) is 13.8 Å². The second kappa shape index (κ2) is 4.56. The molecule has 2 unspecified atom stereocenters. The first kappa shape index (κ1) is 10.4. The molecule has 4 heteroatoms. The van der Waals surface area contributed by atoms with Crippen LogP contribution in [0.4, 0.5) is 4.39 Å². The molecule has 0 aliphatic heterocycles. The highest BCUT2D eigenvalue weighted by atomic mass is 19.1.